The van der Waals surface area contributed by atoms with Gasteiger partial charge in [-0.3, -0.25) is 4.79 Å². The summed E-state index contributed by atoms with van der Waals surface area (Å²) in [4.78, 5) is 12.6. The first-order valence-electron chi connectivity index (χ1n) is 9.03. The molecule has 0 saturated carbocycles. The SMILES string of the molecule is Cc1nn(-c2ccc(C(=O)Nc3ccc(F)c(-n4nnnc4C)c3)cc2)c(C)c1Cl. The quantitative estimate of drug-likeness (QED) is 0.536. The molecule has 0 atom stereocenters. The molecule has 0 spiro atoms. The molecule has 0 aliphatic rings. The Labute approximate surface area is 176 Å². The van der Waals surface area contributed by atoms with Gasteiger partial charge in [0.05, 0.1) is 22.1 Å². The zero-order chi connectivity index (χ0) is 21.4. The normalized spacial score (nSPS) is 11.0. The van der Waals surface area contributed by atoms with E-state index in [-0.39, 0.29) is 11.6 Å². The minimum Gasteiger partial charge on any atom is -0.322 e. The van der Waals surface area contributed by atoms with Crippen molar-refractivity contribution in [1.29, 1.82) is 0 Å². The Morgan fingerprint density at radius 3 is 2.40 bits per heavy atom. The first-order chi connectivity index (χ1) is 14.3. The van der Waals surface area contributed by atoms with Gasteiger partial charge in [0.1, 0.15) is 11.5 Å². The van der Waals surface area contributed by atoms with Crippen LogP contribution >= 0.6 is 11.6 Å². The smallest absolute Gasteiger partial charge is 0.255 e. The van der Waals surface area contributed by atoms with E-state index in [0.717, 1.165) is 17.1 Å². The number of aryl methyl sites for hydroxylation is 2. The van der Waals surface area contributed by atoms with E-state index in [2.05, 4.69) is 25.9 Å². The van der Waals surface area contributed by atoms with Gasteiger partial charge in [0.25, 0.3) is 5.91 Å². The summed E-state index contributed by atoms with van der Waals surface area (Å²) in [6, 6.07) is 11.1. The lowest BCUT2D eigenvalue weighted by atomic mass is 10.2. The van der Waals surface area contributed by atoms with Crippen molar-refractivity contribution < 1.29 is 9.18 Å². The van der Waals surface area contributed by atoms with Crippen LogP contribution in [0.1, 0.15) is 27.6 Å². The van der Waals surface area contributed by atoms with Crippen LogP contribution in [0.3, 0.4) is 0 Å². The van der Waals surface area contributed by atoms with E-state index in [1.54, 1.807) is 35.9 Å². The van der Waals surface area contributed by atoms with Crippen molar-refractivity contribution >= 4 is 23.2 Å². The van der Waals surface area contributed by atoms with Crippen LogP contribution in [0.4, 0.5) is 10.1 Å². The van der Waals surface area contributed by atoms with Gasteiger partial charge in [0, 0.05) is 11.3 Å². The molecule has 0 aliphatic carbocycles. The van der Waals surface area contributed by atoms with Crippen LogP contribution in [-0.2, 0) is 0 Å². The van der Waals surface area contributed by atoms with E-state index in [1.165, 1.54) is 22.9 Å². The van der Waals surface area contributed by atoms with Gasteiger partial charge in [0.2, 0.25) is 0 Å². The van der Waals surface area contributed by atoms with Crippen LogP contribution in [0, 0.1) is 26.6 Å². The summed E-state index contributed by atoms with van der Waals surface area (Å²) in [5.41, 5.74) is 3.35. The van der Waals surface area contributed by atoms with Gasteiger partial charge in [-0.25, -0.2) is 9.07 Å². The molecular weight excluding hydrogens is 409 g/mol. The molecule has 0 bridgehead atoms. The molecule has 2 heterocycles. The van der Waals surface area contributed by atoms with Gasteiger partial charge in [-0.15, -0.1) is 5.10 Å². The predicted molar refractivity (Wildman–Crippen MR) is 110 cm³/mol. The lowest BCUT2D eigenvalue weighted by molar-refractivity contribution is 0.102. The number of amides is 1. The molecule has 4 rings (SSSR count). The minimum atomic E-state index is -0.503. The molecule has 30 heavy (non-hydrogen) atoms. The van der Waals surface area contributed by atoms with Gasteiger partial charge in [-0.2, -0.15) is 9.78 Å². The number of aromatic nitrogens is 6. The lowest BCUT2D eigenvalue weighted by Crippen LogP contribution is -2.13. The highest BCUT2D eigenvalue weighted by Gasteiger charge is 2.14. The maximum absolute atomic E-state index is 14.2. The maximum atomic E-state index is 14.2. The molecule has 0 fully saturated rings. The van der Waals surface area contributed by atoms with Crippen molar-refractivity contribution in [1.82, 2.24) is 30.0 Å². The molecule has 10 heteroatoms. The molecule has 1 N–H and O–H groups in total. The van der Waals surface area contributed by atoms with Crippen LogP contribution in [0.25, 0.3) is 11.4 Å². The summed E-state index contributed by atoms with van der Waals surface area (Å²) in [6.07, 6.45) is 0. The fourth-order valence-corrected chi connectivity index (χ4v) is 3.16. The molecule has 0 unspecified atom stereocenters. The number of anilines is 1. The second-order valence-corrected chi connectivity index (χ2v) is 7.08. The van der Waals surface area contributed by atoms with Crippen LogP contribution in [0.2, 0.25) is 5.02 Å². The van der Waals surface area contributed by atoms with Crippen LogP contribution in [0.15, 0.2) is 42.5 Å². The lowest BCUT2D eigenvalue weighted by Gasteiger charge is -2.10. The molecule has 2 aromatic carbocycles. The molecule has 8 nitrogen and oxygen atoms in total. The summed E-state index contributed by atoms with van der Waals surface area (Å²) in [5, 5.41) is 18.8. The third-order valence-corrected chi connectivity index (χ3v) is 5.18. The molecule has 152 valence electrons. The number of nitrogens with one attached hydrogen (secondary N) is 1. The molecule has 4 aromatic rings. The number of tetrazole rings is 1. The number of carbonyl (C=O) groups is 1. The van der Waals surface area contributed by atoms with Crippen molar-refractivity contribution in [2.75, 3.05) is 5.32 Å². The number of hydrogen-bond donors (Lipinski definition) is 1. The highest BCUT2D eigenvalue weighted by molar-refractivity contribution is 6.31. The average molecular weight is 426 g/mol. The highest BCUT2D eigenvalue weighted by atomic mass is 35.5. The van der Waals surface area contributed by atoms with Crippen LogP contribution in [0.5, 0.6) is 0 Å². The topological polar surface area (TPSA) is 90.5 Å². The second kappa shape index (κ2) is 7.68. The van der Waals surface area contributed by atoms with Gasteiger partial charge >= 0.3 is 0 Å². The van der Waals surface area contributed by atoms with Crippen molar-refractivity contribution in [2.45, 2.75) is 20.8 Å². The van der Waals surface area contributed by atoms with Crippen molar-refractivity contribution in [3.63, 3.8) is 0 Å². The Hall–Kier alpha value is -3.59. The fraction of sp³-hybridized carbons (Fsp3) is 0.150. The summed E-state index contributed by atoms with van der Waals surface area (Å²) in [5.74, 6) is -0.410. The standard InChI is InChI=1S/C20H17ClFN7O/c1-11-19(21)12(2)28(25-11)16-7-4-14(5-8-16)20(30)23-15-6-9-17(22)18(10-15)29-13(3)24-26-27-29/h4-10H,1-3H3,(H,23,30). The number of benzene rings is 2. The van der Waals surface area contributed by atoms with Gasteiger partial charge < -0.3 is 5.32 Å². The first-order valence-corrected chi connectivity index (χ1v) is 9.41. The molecule has 2 aromatic heterocycles. The number of rotatable bonds is 4. The zero-order valence-corrected chi connectivity index (χ0v) is 17.1. The first kappa shape index (κ1) is 19.7. The van der Waals surface area contributed by atoms with E-state index in [0.29, 0.717) is 22.1 Å². The number of nitrogens with zero attached hydrogens (tertiary/aromatic N) is 6. The average Bonchev–Trinajstić information content (AvgIpc) is 3.27. The van der Waals surface area contributed by atoms with Crippen molar-refractivity contribution in [3.8, 4) is 11.4 Å². The third-order valence-electron chi connectivity index (χ3n) is 4.63. The van der Waals surface area contributed by atoms with Crippen molar-refractivity contribution in [2.24, 2.45) is 0 Å². The summed E-state index contributed by atoms with van der Waals surface area (Å²) >= 11 is 6.20. The molecule has 0 aliphatic heterocycles. The monoisotopic (exact) mass is 425 g/mol. The van der Waals surface area contributed by atoms with Crippen molar-refractivity contribution in [3.05, 3.63) is 76.1 Å². The molecule has 0 radical (unpaired) electrons. The molecular formula is C20H17ClFN7O. The Bertz CT molecular complexity index is 1250. The Balaban J connectivity index is 1.56. The van der Waals surface area contributed by atoms with E-state index >= 15 is 0 Å². The fourth-order valence-electron chi connectivity index (χ4n) is 3.04. The largest absolute Gasteiger partial charge is 0.322 e. The number of halogens is 2. The van der Waals surface area contributed by atoms with E-state index < -0.39 is 5.82 Å². The zero-order valence-electron chi connectivity index (χ0n) is 16.4. The number of hydrogen-bond acceptors (Lipinski definition) is 5. The molecule has 0 saturated heterocycles. The van der Waals surface area contributed by atoms with E-state index in [1.807, 2.05) is 13.8 Å². The summed E-state index contributed by atoms with van der Waals surface area (Å²) < 4.78 is 17.2. The maximum Gasteiger partial charge on any atom is 0.255 e. The Morgan fingerprint density at radius 1 is 1.07 bits per heavy atom. The van der Waals surface area contributed by atoms with Gasteiger partial charge in [0.15, 0.2) is 5.82 Å². The van der Waals surface area contributed by atoms with Gasteiger partial charge in [-0.1, -0.05) is 11.6 Å². The van der Waals surface area contributed by atoms with Crippen LogP contribution in [-0.4, -0.2) is 35.9 Å². The Morgan fingerprint density at radius 2 is 1.80 bits per heavy atom. The minimum absolute atomic E-state index is 0.145. The summed E-state index contributed by atoms with van der Waals surface area (Å²) in [7, 11) is 0. The highest BCUT2D eigenvalue weighted by Crippen LogP contribution is 2.23. The van der Waals surface area contributed by atoms with E-state index in [4.69, 9.17) is 11.6 Å². The Kier molecular flexibility index (Phi) is 5.04. The van der Waals surface area contributed by atoms with Crippen LogP contribution < -0.4 is 5.32 Å². The third kappa shape index (κ3) is 3.55. The van der Waals surface area contributed by atoms with E-state index in [9.17, 15) is 9.18 Å². The number of carbonyl (C=O) groups excluding carboxylic acids is 1. The second-order valence-electron chi connectivity index (χ2n) is 6.70. The van der Waals surface area contributed by atoms with Gasteiger partial charge in [-0.05, 0) is 73.7 Å². The predicted octanol–water partition coefficient (Wildman–Crippen LogP) is 3.82. The molecule has 1 amide bonds. The summed E-state index contributed by atoms with van der Waals surface area (Å²) in [6.45, 7) is 5.37.